The Morgan fingerprint density at radius 3 is 2.84 bits per heavy atom. The van der Waals surface area contributed by atoms with E-state index in [1.807, 2.05) is 18.2 Å². The molecule has 3 unspecified atom stereocenters. The van der Waals surface area contributed by atoms with E-state index in [-0.39, 0.29) is 0 Å². The van der Waals surface area contributed by atoms with Crippen LogP contribution in [-0.2, 0) is 6.54 Å². The van der Waals surface area contributed by atoms with E-state index in [1.54, 1.807) is 7.11 Å². The van der Waals surface area contributed by atoms with E-state index in [4.69, 9.17) is 22.1 Å². The van der Waals surface area contributed by atoms with Crippen molar-refractivity contribution >= 4 is 11.6 Å². The van der Waals surface area contributed by atoms with Crippen molar-refractivity contribution in [2.75, 3.05) is 13.7 Å². The molecule has 1 heterocycles. The molecule has 2 rings (SSSR count). The third-order valence-corrected chi connectivity index (χ3v) is 4.77. The van der Waals surface area contributed by atoms with Gasteiger partial charge in [-0.3, -0.25) is 4.90 Å². The summed E-state index contributed by atoms with van der Waals surface area (Å²) in [7, 11) is 1.69. The Bertz CT molecular complexity index is 438. The molecule has 1 fully saturated rings. The minimum atomic E-state index is 0.305. The summed E-state index contributed by atoms with van der Waals surface area (Å²) in [5.74, 6) is 1.37. The molecule has 0 radical (unpaired) electrons. The van der Waals surface area contributed by atoms with Gasteiger partial charge in [-0.1, -0.05) is 24.6 Å². The van der Waals surface area contributed by atoms with Crippen LogP contribution < -0.4 is 10.5 Å². The topological polar surface area (TPSA) is 38.5 Å². The summed E-state index contributed by atoms with van der Waals surface area (Å²) >= 11 is 6.31. The number of benzene rings is 1. The highest BCUT2D eigenvalue weighted by Gasteiger charge is 2.30. The largest absolute Gasteiger partial charge is 0.496 e. The number of hydrogen-bond acceptors (Lipinski definition) is 3. The second kappa shape index (κ2) is 6.12. The smallest absolute Gasteiger partial charge is 0.124 e. The summed E-state index contributed by atoms with van der Waals surface area (Å²) in [5, 5.41) is 0.772. The van der Waals surface area contributed by atoms with Gasteiger partial charge in [-0.2, -0.15) is 0 Å². The van der Waals surface area contributed by atoms with Crippen molar-refractivity contribution in [2.45, 2.75) is 38.9 Å². The van der Waals surface area contributed by atoms with Crippen LogP contribution in [0.5, 0.6) is 5.75 Å². The molecule has 0 aromatic heterocycles. The quantitative estimate of drug-likeness (QED) is 0.926. The molecule has 1 aromatic carbocycles. The van der Waals surface area contributed by atoms with Crippen LogP contribution in [-0.4, -0.2) is 30.6 Å². The lowest BCUT2D eigenvalue weighted by Crippen LogP contribution is -2.51. The van der Waals surface area contributed by atoms with Crippen LogP contribution in [0.3, 0.4) is 0 Å². The van der Waals surface area contributed by atoms with Crippen LogP contribution in [0.4, 0.5) is 0 Å². The van der Waals surface area contributed by atoms with Gasteiger partial charge in [0.15, 0.2) is 0 Å². The molecule has 0 bridgehead atoms. The molecular weight excluding hydrogens is 260 g/mol. The number of methoxy groups -OCH3 is 1. The van der Waals surface area contributed by atoms with Gasteiger partial charge in [-0.05, 0) is 31.4 Å². The van der Waals surface area contributed by atoms with Crippen LogP contribution in [0.15, 0.2) is 18.2 Å². The zero-order valence-electron chi connectivity index (χ0n) is 11.9. The van der Waals surface area contributed by atoms with Crippen LogP contribution in [0, 0.1) is 5.92 Å². The normalized spacial score (nSPS) is 28.4. The molecule has 1 aliphatic rings. The molecule has 1 aliphatic heterocycles. The Morgan fingerprint density at radius 1 is 1.42 bits per heavy atom. The van der Waals surface area contributed by atoms with Gasteiger partial charge < -0.3 is 10.5 Å². The number of rotatable bonds is 3. The van der Waals surface area contributed by atoms with Gasteiger partial charge >= 0.3 is 0 Å². The zero-order valence-corrected chi connectivity index (χ0v) is 12.7. The maximum Gasteiger partial charge on any atom is 0.124 e. The fourth-order valence-electron chi connectivity index (χ4n) is 2.78. The summed E-state index contributed by atoms with van der Waals surface area (Å²) < 4.78 is 5.42. The molecule has 0 amide bonds. The van der Waals surface area contributed by atoms with Crippen LogP contribution in [0.2, 0.25) is 5.02 Å². The molecule has 106 valence electrons. The first-order valence-corrected chi connectivity index (χ1v) is 7.23. The van der Waals surface area contributed by atoms with Gasteiger partial charge in [0.05, 0.1) is 7.11 Å². The molecule has 1 aromatic rings. The van der Waals surface area contributed by atoms with E-state index in [0.717, 1.165) is 35.8 Å². The van der Waals surface area contributed by atoms with Gasteiger partial charge in [0.2, 0.25) is 0 Å². The maximum atomic E-state index is 6.31. The highest BCUT2D eigenvalue weighted by atomic mass is 35.5. The van der Waals surface area contributed by atoms with Gasteiger partial charge in [-0.15, -0.1) is 0 Å². The lowest BCUT2D eigenvalue weighted by atomic mass is 9.87. The first kappa shape index (κ1) is 14.6. The number of likely N-dealkylation sites (tertiary alicyclic amines) is 1. The second-order valence-electron chi connectivity index (χ2n) is 5.44. The summed E-state index contributed by atoms with van der Waals surface area (Å²) in [6.45, 7) is 6.31. The van der Waals surface area contributed by atoms with Gasteiger partial charge in [0.25, 0.3) is 0 Å². The average molecular weight is 283 g/mol. The highest BCUT2D eigenvalue weighted by molar-refractivity contribution is 6.31. The Labute approximate surface area is 120 Å². The molecule has 1 saturated heterocycles. The Morgan fingerprint density at radius 2 is 2.16 bits per heavy atom. The third kappa shape index (κ3) is 3.04. The first-order chi connectivity index (χ1) is 9.04. The number of hydrogen-bond donors (Lipinski definition) is 1. The summed E-state index contributed by atoms with van der Waals surface area (Å²) in [6, 6.07) is 6.57. The van der Waals surface area contributed by atoms with E-state index in [9.17, 15) is 0 Å². The fraction of sp³-hybridized carbons (Fsp3) is 0.600. The zero-order chi connectivity index (χ0) is 14.0. The fourth-order valence-corrected chi connectivity index (χ4v) is 3.01. The van der Waals surface area contributed by atoms with Crippen molar-refractivity contribution in [2.24, 2.45) is 11.7 Å². The summed E-state index contributed by atoms with van der Waals surface area (Å²) in [4.78, 5) is 2.44. The maximum absolute atomic E-state index is 6.31. The van der Waals surface area contributed by atoms with Crippen molar-refractivity contribution in [3.8, 4) is 5.75 Å². The van der Waals surface area contributed by atoms with E-state index in [0.29, 0.717) is 18.0 Å². The Balaban J connectivity index is 2.17. The molecule has 2 N–H and O–H groups in total. The van der Waals surface area contributed by atoms with Crippen molar-refractivity contribution in [3.05, 3.63) is 28.8 Å². The van der Waals surface area contributed by atoms with Gasteiger partial charge in [0, 0.05) is 35.8 Å². The molecule has 19 heavy (non-hydrogen) atoms. The molecular formula is C15H23ClN2O. The minimum absolute atomic E-state index is 0.305. The Hall–Kier alpha value is -0.770. The van der Waals surface area contributed by atoms with Gasteiger partial charge in [-0.25, -0.2) is 0 Å². The molecule has 0 saturated carbocycles. The summed E-state index contributed by atoms with van der Waals surface area (Å²) in [6.07, 6.45) is 1.04. The third-order valence-electron chi connectivity index (χ3n) is 4.42. The van der Waals surface area contributed by atoms with Crippen molar-refractivity contribution in [1.82, 2.24) is 4.90 Å². The molecule has 4 heteroatoms. The number of ether oxygens (including phenoxy) is 1. The van der Waals surface area contributed by atoms with Crippen molar-refractivity contribution < 1.29 is 4.74 Å². The van der Waals surface area contributed by atoms with Gasteiger partial charge in [0.1, 0.15) is 5.75 Å². The standard InChI is InChI=1S/C15H23ClN2O/c1-10-11(2)18(8-7-14(10)17)9-12-13(16)5-4-6-15(12)19-3/h4-6,10-11,14H,7-9,17H2,1-3H3. The molecule has 0 spiro atoms. The predicted molar refractivity (Wildman–Crippen MR) is 79.6 cm³/mol. The predicted octanol–water partition coefficient (Wildman–Crippen LogP) is 2.91. The Kier molecular flexibility index (Phi) is 4.71. The summed E-state index contributed by atoms with van der Waals surface area (Å²) in [5.41, 5.74) is 7.20. The molecule has 3 nitrogen and oxygen atoms in total. The SMILES string of the molecule is COc1cccc(Cl)c1CN1CCC(N)C(C)C1C. The number of halogens is 1. The van der Waals surface area contributed by atoms with Crippen LogP contribution in [0.1, 0.15) is 25.8 Å². The number of nitrogens with two attached hydrogens (primary N) is 1. The average Bonchev–Trinajstić information content (AvgIpc) is 2.41. The van der Waals surface area contributed by atoms with E-state index in [2.05, 4.69) is 18.7 Å². The van der Waals surface area contributed by atoms with Crippen molar-refractivity contribution in [1.29, 1.82) is 0 Å². The van der Waals surface area contributed by atoms with Crippen LogP contribution >= 0.6 is 11.6 Å². The van der Waals surface area contributed by atoms with E-state index < -0.39 is 0 Å². The molecule has 3 atom stereocenters. The monoisotopic (exact) mass is 282 g/mol. The first-order valence-electron chi connectivity index (χ1n) is 6.85. The van der Waals surface area contributed by atoms with E-state index in [1.165, 1.54) is 0 Å². The lowest BCUT2D eigenvalue weighted by Gasteiger charge is -2.41. The number of nitrogens with zero attached hydrogens (tertiary/aromatic N) is 1. The van der Waals surface area contributed by atoms with E-state index >= 15 is 0 Å². The minimum Gasteiger partial charge on any atom is -0.496 e. The second-order valence-corrected chi connectivity index (χ2v) is 5.85. The lowest BCUT2D eigenvalue weighted by molar-refractivity contribution is 0.0902. The molecule has 0 aliphatic carbocycles. The van der Waals surface area contributed by atoms with Crippen molar-refractivity contribution in [3.63, 3.8) is 0 Å². The van der Waals surface area contributed by atoms with Crippen LogP contribution in [0.25, 0.3) is 0 Å². The highest BCUT2D eigenvalue weighted by Crippen LogP contribution is 2.31. The number of piperidine rings is 1.